The molecular weight excluding hydrogens is 400 g/mol. The molecule has 2 aromatic rings. The molecular formula is C20H29ClN2O4S. The van der Waals surface area contributed by atoms with E-state index in [1.807, 2.05) is 30.3 Å². The van der Waals surface area contributed by atoms with Crippen LogP contribution in [0.3, 0.4) is 0 Å². The summed E-state index contributed by atoms with van der Waals surface area (Å²) in [6.45, 7) is 4.98. The van der Waals surface area contributed by atoms with Gasteiger partial charge in [0.25, 0.3) is 10.0 Å². The van der Waals surface area contributed by atoms with E-state index >= 15 is 0 Å². The van der Waals surface area contributed by atoms with E-state index in [2.05, 4.69) is 0 Å². The van der Waals surface area contributed by atoms with Crippen molar-refractivity contribution in [2.24, 2.45) is 5.73 Å². The summed E-state index contributed by atoms with van der Waals surface area (Å²) in [5.41, 5.74) is 6.33. The molecule has 156 valence electrons. The lowest BCUT2D eigenvalue weighted by Gasteiger charge is -2.31. The first-order chi connectivity index (χ1) is 12.6. The highest BCUT2D eigenvalue weighted by atomic mass is 35.5. The van der Waals surface area contributed by atoms with E-state index < -0.39 is 27.8 Å². The van der Waals surface area contributed by atoms with Crippen molar-refractivity contribution < 1.29 is 18.4 Å². The van der Waals surface area contributed by atoms with Gasteiger partial charge in [-0.25, -0.2) is 8.42 Å². The average Bonchev–Trinajstić information content (AvgIpc) is 2.61. The van der Waals surface area contributed by atoms with E-state index in [1.165, 1.54) is 12.1 Å². The number of benzene rings is 2. The van der Waals surface area contributed by atoms with Gasteiger partial charge in [-0.2, -0.15) is 0 Å². The van der Waals surface area contributed by atoms with Crippen LogP contribution < -0.4 is 5.73 Å². The summed E-state index contributed by atoms with van der Waals surface area (Å²) in [5.74, 6) is 0. The Morgan fingerprint density at radius 3 is 2.04 bits per heavy atom. The third-order valence-corrected chi connectivity index (χ3v) is 5.46. The Bertz CT molecular complexity index is 811. The van der Waals surface area contributed by atoms with Crippen LogP contribution in [0.15, 0.2) is 65.6 Å². The van der Waals surface area contributed by atoms with Crippen LogP contribution in [0.4, 0.5) is 0 Å². The van der Waals surface area contributed by atoms with Crippen molar-refractivity contribution in [1.82, 2.24) is 4.47 Å². The van der Waals surface area contributed by atoms with Gasteiger partial charge >= 0.3 is 0 Å². The number of halogens is 1. The Hall–Kier alpha value is -1.48. The van der Waals surface area contributed by atoms with Gasteiger partial charge in [0, 0.05) is 6.04 Å². The Balaban J connectivity index is 0.00000392. The lowest BCUT2D eigenvalue weighted by atomic mass is 10.0. The molecule has 0 heterocycles. The third kappa shape index (κ3) is 7.16. The molecule has 0 aromatic heterocycles. The molecule has 0 aliphatic heterocycles. The maximum Gasteiger partial charge on any atom is 0.265 e. The van der Waals surface area contributed by atoms with Gasteiger partial charge in [0.05, 0.1) is 23.1 Å². The summed E-state index contributed by atoms with van der Waals surface area (Å²) < 4.78 is 26.8. The molecule has 0 aliphatic rings. The summed E-state index contributed by atoms with van der Waals surface area (Å²) >= 11 is 0. The van der Waals surface area contributed by atoms with E-state index in [1.54, 1.807) is 39.0 Å². The summed E-state index contributed by atoms with van der Waals surface area (Å²) in [5, 5.41) is 10.5. The second kappa shape index (κ2) is 10.3. The number of sulfonamides is 1. The molecule has 2 atom stereocenters. The fourth-order valence-electron chi connectivity index (χ4n) is 2.51. The highest BCUT2D eigenvalue weighted by Gasteiger charge is 2.33. The second-order valence-electron chi connectivity index (χ2n) is 7.43. The van der Waals surface area contributed by atoms with Crippen molar-refractivity contribution in [3.8, 4) is 0 Å². The summed E-state index contributed by atoms with van der Waals surface area (Å²) in [6.07, 6.45) is -0.664. The van der Waals surface area contributed by atoms with E-state index in [9.17, 15) is 13.5 Å². The number of aliphatic hydroxyl groups excluding tert-OH is 1. The number of hydrogen-bond donors (Lipinski definition) is 2. The highest BCUT2D eigenvalue weighted by Crippen LogP contribution is 2.21. The quantitative estimate of drug-likeness (QED) is 0.630. The smallest absolute Gasteiger partial charge is 0.265 e. The molecule has 3 N–H and O–H groups in total. The fourth-order valence-corrected chi connectivity index (χ4v) is 3.92. The normalized spacial score (nSPS) is 14.4. The first-order valence-corrected chi connectivity index (χ1v) is 10.3. The zero-order chi connectivity index (χ0) is 20.1. The predicted octanol–water partition coefficient (Wildman–Crippen LogP) is 2.76. The fraction of sp³-hybridized carbons (Fsp3) is 0.400. The molecule has 0 spiro atoms. The zero-order valence-corrected chi connectivity index (χ0v) is 18.0. The largest absolute Gasteiger partial charge is 0.390 e. The maximum atomic E-state index is 13.0. The Kier molecular flexibility index (Phi) is 9.07. The minimum atomic E-state index is -3.94. The maximum absolute atomic E-state index is 13.0. The molecule has 0 fully saturated rings. The van der Waals surface area contributed by atoms with Crippen LogP contribution in [-0.2, 0) is 21.3 Å². The van der Waals surface area contributed by atoms with Crippen LogP contribution in [-0.4, -0.2) is 42.3 Å². The van der Waals surface area contributed by atoms with Crippen molar-refractivity contribution in [3.05, 3.63) is 66.2 Å². The first-order valence-electron chi connectivity index (χ1n) is 8.84. The van der Waals surface area contributed by atoms with Crippen molar-refractivity contribution in [2.45, 2.75) is 49.8 Å². The molecule has 0 saturated heterocycles. The molecule has 0 saturated carbocycles. The minimum absolute atomic E-state index is 0. The van der Waals surface area contributed by atoms with Crippen molar-refractivity contribution >= 4 is 22.4 Å². The Morgan fingerprint density at radius 1 is 1.04 bits per heavy atom. The van der Waals surface area contributed by atoms with E-state index in [-0.39, 0.29) is 23.8 Å². The minimum Gasteiger partial charge on any atom is -0.390 e. The molecule has 0 aliphatic carbocycles. The molecule has 6 nitrogen and oxygen atoms in total. The third-order valence-electron chi connectivity index (χ3n) is 3.83. The lowest BCUT2D eigenvalue weighted by molar-refractivity contribution is -0.180. The molecule has 2 rings (SSSR count). The van der Waals surface area contributed by atoms with Crippen molar-refractivity contribution in [1.29, 1.82) is 0 Å². The number of nitrogens with two attached hydrogens (primary N) is 1. The van der Waals surface area contributed by atoms with Gasteiger partial charge < -0.3 is 10.8 Å². The topological polar surface area (TPSA) is 92.9 Å². The van der Waals surface area contributed by atoms with Crippen molar-refractivity contribution in [2.75, 3.05) is 6.54 Å². The van der Waals surface area contributed by atoms with Crippen LogP contribution in [0.2, 0.25) is 0 Å². The summed E-state index contributed by atoms with van der Waals surface area (Å²) in [6, 6.07) is 16.9. The molecule has 8 heteroatoms. The average molecular weight is 429 g/mol. The van der Waals surface area contributed by atoms with Gasteiger partial charge in [0.1, 0.15) is 0 Å². The van der Waals surface area contributed by atoms with E-state index in [0.717, 1.165) is 10.0 Å². The summed E-state index contributed by atoms with van der Waals surface area (Å²) in [7, 11) is -3.94. The van der Waals surface area contributed by atoms with E-state index in [0.29, 0.717) is 6.42 Å². The van der Waals surface area contributed by atoms with Gasteiger partial charge in [-0.3, -0.25) is 4.84 Å². The molecule has 0 amide bonds. The zero-order valence-electron chi connectivity index (χ0n) is 16.4. The van der Waals surface area contributed by atoms with E-state index in [4.69, 9.17) is 10.6 Å². The van der Waals surface area contributed by atoms with Gasteiger partial charge in [0.15, 0.2) is 0 Å². The number of nitrogens with zero attached hydrogens (tertiary/aromatic N) is 1. The number of hydroxylamine groups is 1. The molecule has 28 heavy (non-hydrogen) atoms. The monoisotopic (exact) mass is 428 g/mol. The predicted molar refractivity (Wildman–Crippen MR) is 113 cm³/mol. The molecule has 0 radical (unpaired) electrons. The Labute approximate surface area is 173 Å². The van der Waals surface area contributed by atoms with Gasteiger partial charge in [-0.05, 0) is 44.9 Å². The standard InChI is InChI=1S/C20H28N2O4S.ClH/c1-20(2,3)26-22(27(24,25)17-12-8-5-9-13-17)15-19(23)18(21)14-16-10-6-4-7-11-16;/h4-13,18-19,23H,14-15,21H2,1-3H3;1H/t18-,19+;/m0./s1. The van der Waals surface area contributed by atoms with Crippen LogP contribution in [0.1, 0.15) is 26.3 Å². The Morgan fingerprint density at radius 2 is 1.54 bits per heavy atom. The highest BCUT2D eigenvalue weighted by molar-refractivity contribution is 7.89. The van der Waals surface area contributed by atoms with Gasteiger partial charge in [-0.1, -0.05) is 53.0 Å². The summed E-state index contributed by atoms with van der Waals surface area (Å²) in [4.78, 5) is 5.75. The number of hydrogen-bond acceptors (Lipinski definition) is 5. The van der Waals surface area contributed by atoms with Crippen LogP contribution in [0, 0.1) is 0 Å². The van der Waals surface area contributed by atoms with Crippen molar-refractivity contribution in [3.63, 3.8) is 0 Å². The SMILES string of the molecule is CC(C)(C)ON(C[C@@H](O)[C@@H](N)Cc1ccccc1)S(=O)(=O)c1ccccc1.Cl. The first kappa shape index (κ1) is 24.6. The number of rotatable bonds is 8. The number of aliphatic hydroxyl groups is 1. The molecule has 0 unspecified atom stereocenters. The van der Waals surface area contributed by atoms with Crippen LogP contribution >= 0.6 is 12.4 Å². The van der Waals surface area contributed by atoms with Crippen LogP contribution in [0.25, 0.3) is 0 Å². The van der Waals surface area contributed by atoms with Gasteiger partial charge in [0.2, 0.25) is 0 Å². The lowest BCUT2D eigenvalue weighted by Crippen LogP contribution is -2.48. The van der Waals surface area contributed by atoms with Gasteiger partial charge in [-0.15, -0.1) is 12.4 Å². The molecule has 0 bridgehead atoms. The molecule has 2 aromatic carbocycles. The van der Waals surface area contributed by atoms with Crippen LogP contribution in [0.5, 0.6) is 0 Å². The second-order valence-corrected chi connectivity index (χ2v) is 9.26.